The van der Waals surface area contributed by atoms with Gasteiger partial charge in [-0.2, -0.15) is 17.0 Å². The minimum absolute atomic E-state index is 0.250. The van der Waals surface area contributed by atoms with Crippen molar-refractivity contribution in [3.05, 3.63) is 35.4 Å². The molecule has 1 aliphatic rings. The van der Waals surface area contributed by atoms with Crippen molar-refractivity contribution < 1.29 is 18.3 Å². The number of hydrogen-bond donors (Lipinski definition) is 2. The van der Waals surface area contributed by atoms with E-state index in [0.29, 0.717) is 25.6 Å². The van der Waals surface area contributed by atoms with Crippen LogP contribution in [0.15, 0.2) is 24.3 Å². The Morgan fingerprint density at radius 3 is 2.36 bits per heavy atom. The Kier molecular flexibility index (Phi) is 11.3. The van der Waals surface area contributed by atoms with E-state index in [1.54, 1.807) is 18.4 Å². The van der Waals surface area contributed by atoms with Crippen molar-refractivity contribution in [2.75, 3.05) is 27.2 Å². The van der Waals surface area contributed by atoms with E-state index < -0.39 is 10.2 Å². The maximum Gasteiger partial charge on any atom is 0.290 e. The highest BCUT2D eigenvalue weighted by Crippen LogP contribution is 2.22. The normalized spacial score (nSPS) is 17.3. The van der Waals surface area contributed by atoms with Crippen LogP contribution in [-0.4, -0.2) is 55.8 Å². The fourth-order valence-corrected chi connectivity index (χ4v) is 3.61. The molecule has 0 unspecified atom stereocenters. The SMILES string of the molecule is CC[C@@H]1CCN(S(=O)(=O)N(C)C)C1.Cc1cccc(CN)c1.O=CO. The van der Waals surface area contributed by atoms with Gasteiger partial charge in [-0.05, 0) is 24.8 Å². The Hall–Kier alpha value is -1.48. The van der Waals surface area contributed by atoms with Crippen molar-refractivity contribution in [3.8, 4) is 0 Å². The molecule has 0 saturated carbocycles. The van der Waals surface area contributed by atoms with Crippen molar-refractivity contribution in [3.63, 3.8) is 0 Å². The summed E-state index contributed by atoms with van der Waals surface area (Å²) in [5, 5.41) is 6.89. The van der Waals surface area contributed by atoms with Gasteiger partial charge in [0, 0.05) is 33.7 Å². The molecule has 0 aliphatic carbocycles. The summed E-state index contributed by atoms with van der Waals surface area (Å²) < 4.78 is 26.1. The van der Waals surface area contributed by atoms with Gasteiger partial charge in [-0.25, -0.2) is 0 Å². The van der Waals surface area contributed by atoms with Crippen LogP contribution in [0.4, 0.5) is 0 Å². The van der Waals surface area contributed by atoms with Crippen LogP contribution in [0.1, 0.15) is 30.9 Å². The maximum atomic E-state index is 11.6. The first-order chi connectivity index (χ1) is 11.7. The van der Waals surface area contributed by atoms with Gasteiger partial charge in [0.05, 0.1) is 0 Å². The molecular formula is C17H31N3O4S. The second-order valence-corrected chi connectivity index (χ2v) is 8.15. The molecule has 0 amide bonds. The van der Waals surface area contributed by atoms with Crippen LogP contribution in [0.2, 0.25) is 0 Å². The van der Waals surface area contributed by atoms with Crippen LogP contribution in [0.5, 0.6) is 0 Å². The first-order valence-electron chi connectivity index (χ1n) is 8.23. The highest BCUT2D eigenvalue weighted by Gasteiger charge is 2.31. The predicted molar refractivity (Wildman–Crippen MR) is 100 cm³/mol. The predicted octanol–water partition coefficient (Wildman–Crippen LogP) is 1.68. The zero-order chi connectivity index (χ0) is 19.5. The molecule has 25 heavy (non-hydrogen) atoms. The van der Waals surface area contributed by atoms with Gasteiger partial charge in [0.15, 0.2) is 0 Å². The zero-order valence-electron chi connectivity index (χ0n) is 15.6. The lowest BCUT2D eigenvalue weighted by Crippen LogP contribution is -2.38. The van der Waals surface area contributed by atoms with Crippen molar-refractivity contribution in [1.29, 1.82) is 0 Å². The molecule has 0 aromatic heterocycles. The molecule has 1 aromatic rings. The second-order valence-electron chi connectivity index (χ2n) is 6.01. The van der Waals surface area contributed by atoms with E-state index in [-0.39, 0.29) is 6.47 Å². The largest absolute Gasteiger partial charge is 0.483 e. The van der Waals surface area contributed by atoms with Gasteiger partial charge in [-0.1, -0.05) is 43.2 Å². The fourth-order valence-electron chi connectivity index (χ4n) is 2.41. The molecular weight excluding hydrogens is 342 g/mol. The van der Waals surface area contributed by atoms with E-state index >= 15 is 0 Å². The Balaban J connectivity index is 0.000000417. The summed E-state index contributed by atoms with van der Waals surface area (Å²) in [5.74, 6) is 0.551. The molecule has 0 bridgehead atoms. The summed E-state index contributed by atoms with van der Waals surface area (Å²) in [6.45, 7) is 5.94. The third-order valence-electron chi connectivity index (χ3n) is 3.93. The number of hydrogen-bond acceptors (Lipinski definition) is 4. The molecule has 8 heteroatoms. The van der Waals surface area contributed by atoms with Crippen LogP contribution in [0, 0.1) is 12.8 Å². The average molecular weight is 374 g/mol. The van der Waals surface area contributed by atoms with Crippen molar-refractivity contribution >= 4 is 16.7 Å². The smallest absolute Gasteiger partial charge is 0.290 e. The second kappa shape index (κ2) is 12.0. The lowest BCUT2D eigenvalue weighted by molar-refractivity contribution is -0.122. The standard InChI is InChI=1S/C8H18N2O2S.C8H11N.CH2O2/c1-4-8-5-6-10(7-8)13(11,12)9(2)3;1-7-3-2-4-8(5-7)6-9;2-1-3/h8H,4-7H2,1-3H3;2-5H,6,9H2,1H3;1H,(H,2,3)/t8-;;/m1../s1. The van der Waals surface area contributed by atoms with Crippen molar-refractivity contribution in [2.24, 2.45) is 11.7 Å². The Morgan fingerprint density at radius 2 is 2.00 bits per heavy atom. The summed E-state index contributed by atoms with van der Waals surface area (Å²) in [6.07, 6.45) is 2.07. The number of aryl methyl sites for hydroxylation is 1. The lowest BCUT2D eigenvalue weighted by atomic mass is 10.1. The molecule has 1 heterocycles. The lowest BCUT2D eigenvalue weighted by Gasteiger charge is -2.20. The van der Waals surface area contributed by atoms with Gasteiger partial charge in [-0.3, -0.25) is 4.79 Å². The molecule has 1 aromatic carbocycles. The highest BCUT2D eigenvalue weighted by molar-refractivity contribution is 7.86. The first kappa shape index (κ1) is 23.5. The van der Waals surface area contributed by atoms with E-state index in [4.69, 9.17) is 15.6 Å². The Morgan fingerprint density at radius 1 is 1.40 bits per heavy atom. The molecule has 144 valence electrons. The molecule has 0 spiro atoms. The molecule has 1 aliphatic heterocycles. The molecule has 1 atom stereocenters. The van der Waals surface area contributed by atoms with E-state index in [1.807, 2.05) is 12.1 Å². The number of benzene rings is 1. The average Bonchev–Trinajstić information content (AvgIpc) is 3.06. The quantitative estimate of drug-likeness (QED) is 0.782. The maximum absolute atomic E-state index is 11.6. The summed E-state index contributed by atoms with van der Waals surface area (Å²) in [7, 11) is 0.00300. The minimum Gasteiger partial charge on any atom is -0.483 e. The third kappa shape index (κ3) is 8.44. The van der Waals surface area contributed by atoms with Crippen molar-refractivity contribution in [2.45, 2.75) is 33.2 Å². The van der Waals surface area contributed by atoms with Gasteiger partial charge in [0.2, 0.25) is 0 Å². The minimum atomic E-state index is -3.15. The van der Waals surface area contributed by atoms with E-state index in [1.165, 1.54) is 15.4 Å². The first-order valence-corrected chi connectivity index (χ1v) is 9.63. The van der Waals surface area contributed by atoms with Gasteiger partial charge in [0.25, 0.3) is 16.7 Å². The molecule has 1 fully saturated rings. The number of carbonyl (C=O) groups is 1. The van der Waals surface area contributed by atoms with Crippen LogP contribution in [0.25, 0.3) is 0 Å². The Bertz CT molecular complexity index is 606. The summed E-state index contributed by atoms with van der Waals surface area (Å²) in [4.78, 5) is 8.36. The number of nitrogens with two attached hydrogens (primary N) is 1. The topological polar surface area (TPSA) is 104 Å². The van der Waals surface area contributed by atoms with Gasteiger partial charge >= 0.3 is 0 Å². The monoisotopic (exact) mass is 373 g/mol. The van der Waals surface area contributed by atoms with Crippen LogP contribution in [-0.2, 0) is 21.5 Å². The van der Waals surface area contributed by atoms with E-state index in [2.05, 4.69) is 26.0 Å². The van der Waals surface area contributed by atoms with Gasteiger partial charge in [0.1, 0.15) is 0 Å². The van der Waals surface area contributed by atoms with Crippen LogP contribution < -0.4 is 5.73 Å². The molecule has 0 radical (unpaired) electrons. The highest BCUT2D eigenvalue weighted by atomic mass is 32.2. The summed E-state index contributed by atoms with van der Waals surface area (Å²) in [5.41, 5.74) is 7.90. The number of rotatable bonds is 4. The van der Waals surface area contributed by atoms with Crippen LogP contribution in [0.3, 0.4) is 0 Å². The van der Waals surface area contributed by atoms with Gasteiger partial charge < -0.3 is 10.8 Å². The van der Waals surface area contributed by atoms with Crippen LogP contribution >= 0.6 is 0 Å². The molecule has 1 saturated heterocycles. The Labute approximate surface area is 151 Å². The third-order valence-corrected chi connectivity index (χ3v) is 5.84. The number of carboxylic acid groups (broad SMARTS) is 1. The van der Waals surface area contributed by atoms with E-state index in [9.17, 15) is 8.42 Å². The summed E-state index contributed by atoms with van der Waals surface area (Å²) >= 11 is 0. The molecule has 7 nitrogen and oxygen atoms in total. The van der Waals surface area contributed by atoms with Crippen molar-refractivity contribution in [1.82, 2.24) is 8.61 Å². The summed E-state index contributed by atoms with van der Waals surface area (Å²) in [6, 6.07) is 8.23. The van der Waals surface area contributed by atoms with Gasteiger partial charge in [-0.15, -0.1) is 0 Å². The molecule has 3 N–H and O–H groups in total. The number of nitrogens with zero attached hydrogens (tertiary/aromatic N) is 2. The zero-order valence-corrected chi connectivity index (χ0v) is 16.4. The molecule has 2 rings (SSSR count). The fraction of sp³-hybridized carbons (Fsp3) is 0.588. The van der Waals surface area contributed by atoms with E-state index in [0.717, 1.165) is 12.8 Å².